The topological polar surface area (TPSA) is 94.4 Å². The van der Waals surface area contributed by atoms with Gasteiger partial charge in [0, 0.05) is 6.07 Å². The van der Waals surface area contributed by atoms with Crippen molar-refractivity contribution in [1.29, 1.82) is 0 Å². The van der Waals surface area contributed by atoms with Gasteiger partial charge in [0.15, 0.2) is 4.88 Å². The lowest BCUT2D eigenvalue weighted by atomic mass is 10.4. The number of carbonyl (C=O) groups excluding carboxylic acids is 1. The third-order valence-electron chi connectivity index (χ3n) is 2.14. The van der Waals surface area contributed by atoms with Crippen molar-refractivity contribution in [3.05, 3.63) is 17.3 Å². The molecule has 0 atom stereocenters. The van der Waals surface area contributed by atoms with Crippen LogP contribution in [0.1, 0.15) is 16.6 Å². The summed E-state index contributed by atoms with van der Waals surface area (Å²) >= 11 is 0.998. The van der Waals surface area contributed by atoms with Crippen LogP contribution in [-0.4, -0.2) is 39.7 Å². The number of rotatable bonds is 4. The van der Waals surface area contributed by atoms with Crippen LogP contribution >= 0.6 is 11.3 Å². The van der Waals surface area contributed by atoms with E-state index in [1.165, 1.54) is 13.4 Å². The van der Waals surface area contributed by atoms with E-state index in [0.29, 0.717) is 16.6 Å². The molecule has 7 nitrogen and oxygen atoms in total. The molecule has 2 heterocycles. The molecule has 19 heavy (non-hydrogen) atoms. The third-order valence-corrected chi connectivity index (χ3v) is 3.19. The lowest BCUT2D eigenvalue weighted by Crippen LogP contribution is -2.02. The number of hydrogen-bond acceptors (Lipinski definition) is 8. The average molecular weight is 281 g/mol. The van der Waals surface area contributed by atoms with Crippen molar-refractivity contribution < 1.29 is 19.4 Å². The molecule has 2 aromatic rings. The average Bonchev–Trinajstić information content (AvgIpc) is 2.81. The van der Waals surface area contributed by atoms with Gasteiger partial charge in [-0.3, -0.25) is 0 Å². The summed E-state index contributed by atoms with van der Waals surface area (Å²) in [5.74, 6) is -0.599. The van der Waals surface area contributed by atoms with Crippen molar-refractivity contribution in [2.45, 2.75) is 6.92 Å². The maximum Gasteiger partial charge on any atom is 0.353 e. The second-order valence-corrected chi connectivity index (χ2v) is 4.34. The first kappa shape index (κ1) is 13.2. The van der Waals surface area contributed by atoms with Crippen LogP contribution in [0.25, 0.3) is 10.7 Å². The minimum Gasteiger partial charge on any atom is -0.492 e. The van der Waals surface area contributed by atoms with E-state index in [-0.39, 0.29) is 17.4 Å². The Bertz CT molecular complexity index is 599. The van der Waals surface area contributed by atoms with Gasteiger partial charge in [0.1, 0.15) is 17.0 Å². The second-order valence-electron chi connectivity index (χ2n) is 3.34. The predicted molar refractivity (Wildman–Crippen MR) is 67.3 cm³/mol. The summed E-state index contributed by atoms with van der Waals surface area (Å²) in [6.45, 7) is 1.92. The van der Waals surface area contributed by atoms with Crippen molar-refractivity contribution in [3.8, 4) is 22.5 Å². The first-order chi connectivity index (χ1) is 9.15. The Hall–Kier alpha value is -2.22. The summed E-state index contributed by atoms with van der Waals surface area (Å²) in [6, 6.07) is 1.56. The predicted octanol–water partition coefficient (Wildman–Crippen LogP) is 1.49. The molecule has 0 saturated carbocycles. The molecule has 0 aliphatic rings. The van der Waals surface area contributed by atoms with Gasteiger partial charge in [-0.2, -0.15) is 4.98 Å². The quantitative estimate of drug-likeness (QED) is 0.848. The molecule has 0 radical (unpaired) electrons. The highest BCUT2D eigenvalue weighted by molar-refractivity contribution is 7.17. The van der Waals surface area contributed by atoms with E-state index >= 15 is 0 Å². The van der Waals surface area contributed by atoms with Crippen LogP contribution in [0.3, 0.4) is 0 Å². The molecule has 0 aliphatic heterocycles. The fourth-order valence-electron chi connectivity index (χ4n) is 1.32. The molecule has 2 rings (SSSR count). The fourth-order valence-corrected chi connectivity index (χ4v) is 2.14. The van der Waals surface area contributed by atoms with E-state index in [1.54, 1.807) is 13.0 Å². The highest BCUT2D eigenvalue weighted by Gasteiger charge is 2.20. The number of methoxy groups -OCH3 is 1. The van der Waals surface area contributed by atoms with Crippen molar-refractivity contribution >= 4 is 17.3 Å². The molecule has 0 spiro atoms. The highest BCUT2D eigenvalue weighted by atomic mass is 32.1. The molecular formula is C11H11N3O4S. The smallest absolute Gasteiger partial charge is 0.353 e. The molecule has 2 aromatic heterocycles. The van der Waals surface area contributed by atoms with E-state index < -0.39 is 5.97 Å². The molecule has 100 valence electrons. The van der Waals surface area contributed by atoms with Crippen LogP contribution in [0.4, 0.5) is 0 Å². The Labute approximate surface area is 112 Å². The molecule has 0 aliphatic carbocycles. The van der Waals surface area contributed by atoms with Crippen LogP contribution in [0.2, 0.25) is 0 Å². The fraction of sp³-hybridized carbons (Fsp3) is 0.273. The zero-order chi connectivity index (χ0) is 13.8. The summed E-state index contributed by atoms with van der Waals surface area (Å²) in [4.78, 5) is 23.4. The molecule has 0 aromatic carbocycles. The minimum atomic E-state index is -0.607. The monoisotopic (exact) mass is 281 g/mol. The number of ether oxygens (including phenoxy) is 2. The normalized spacial score (nSPS) is 10.2. The Morgan fingerprint density at radius 1 is 1.47 bits per heavy atom. The Balaban J connectivity index is 2.36. The third kappa shape index (κ3) is 2.79. The van der Waals surface area contributed by atoms with Gasteiger partial charge >= 0.3 is 5.97 Å². The number of nitrogens with zero attached hydrogens (tertiary/aromatic N) is 3. The number of aromatic hydroxyl groups is 1. The first-order valence-electron chi connectivity index (χ1n) is 5.39. The summed E-state index contributed by atoms with van der Waals surface area (Å²) in [7, 11) is 1.48. The molecule has 0 saturated heterocycles. The van der Waals surface area contributed by atoms with Gasteiger partial charge in [-0.15, -0.1) is 11.3 Å². The van der Waals surface area contributed by atoms with E-state index in [1.807, 2.05) is 0 Å². The lowest BCUT2D eigenvalue weighted by Gasteiger charge is -1.98. The summed E-state index contributed by atoms with van der Waals surface area (Å²) in [5.41, 5.74) is 0.461. The number of carbonyl (C=O) groups is 1. The molecule has 1 N–H and O–H groups in total. The number of thiazole rings is 1. The standard InChI is InChI=1S/C11H11N3O4S/c1-3-18-11(16)8-9(15)14-10(19-8)6-4-7(17-2)13-5-12-6/h4-5,15H,3H2,1-2H3. The Kier molecular flexibility index (Phi) is 3.91. The van der Waals surface area contributed by atoms with Crippen LogP contribution in [0.5, 0.6) is 11.8 Å². The lowest BCUT2D eigenvalue weighted by molar-refractivity contribution is 0.0528. The van der Waals surface area contributed by atoms with Gasteiger partial charge < -0.3 is 14.6 Å². The number of hydrogen-bond donors (Lipinski definition) is 1. The maximum absolute atomic E-state index is 11.6. The molecule has 0 unspecified atom stereocenters. The summed E-state index contributed by atoms with van der Waals surface area (Å²) in [5, 5.41) is 10.0. The van der Waals surface area contributed by atoms with Crippen molar-refractivity contribution in [2.24, 2.45) is 0 Å². The first-order valence-corrected chi connectivity index (χ1v) is 6.20. The molecular weight excluding hydrogens is 270 g/mol. The van der Waals surface area contributed by atoms with E-state index in [2.05, 4.69) is 15.0 Å². The zero-order valence-electron chi connectivity index (χ0n) is 10.3. The van der Waals surface area contributed by atoms with Gasteiger partial charge in [0.05, 0.1) is 13.7 Å². The summed E-state index contributed by atoms with van der Waals surface area (Å²) in [6.07, 6.45) is 1.32. The SMILES string of the molecule is CCOC(=O)c1sc(-c2cc(OC)ncn2)nc1O. The van der Waals surface area contributed by atoms with Crippen molar-refractivity contribution in [1.82, 2.24) is 15.0 Å². The van der Waals surface area contributed by atoms with E-state index in [0.717, 1.165) is 11.3 Å². The van der Waals surface area contributed by atoms with Crippen molar-refractivity contribution in [3.63, 3.8) is 0 Å². The molecule has 0 bridgehead atoms. The van der Waals surface area contributed by atoms with Crippen LogP contribution in [0.15, 0.2) is 12.4 Å². The molecule has 8 heteroatoms. The molecule has 0 amide bonds. The van der Waals surface area contributed by atoms with Crippen LogP contribution in [0, 0.1) is 0 Å². The van der Waals surface area contributed by atoms with Crippen LogP contribution < -0.4 is 4.74 Å². The second kappa shape index (κ2) is 5.61. The minimum absolute atomic E-state index is 0.0504. The van der Waals surface area contributed by atoms with Gasteiger partial charge in [-0.25, -0.2) is 14.8 Å². The van der Waals surface area contributed by atoms with Crippen molar-refractivity contribution in [2.75, 3.05) is 13.7 Å². The van der Waals surface area contributed by atoms with Gasteiger partial charge in [0.25, 0.3) is 0 Å². The number of aromatic nitrogens is 3. The Morgan fingerprint density at radius 2 is 2.26 bits per heavy atom. The summed E-state index contributed by atoms with van der Waals surface area (Å²) < 4.78 is 9.79. The van der Waals surface area contributed by atoms with Gasteiger partial charge in [-0.1, -0.05) is 0 Å². The number of esters is 1. The zero-order valence-corrected chi connectivity index (χ0v) is 11.1. The Morgan fingerprint density at radius 3 is 2.95 bits per heavy atom. The van der Waals surface area contributed by atoms with Gasteiger partial charge in [-0.05, 0) is 6.92 Å². The molecule has 0 fully saturated rings. The van der Waals surface area contributed by atoms with E-state index in [4.69, 9.17) is 9.47 Å². The maximum atomic E-state index is 11.6. The largest absolute Gasteiger partial charge is 0.492 e. The van der Waals surface area contributed by atoms with E-state index in [9.17, 15) is 9.90 Å². The van der Waals surface area contributed by atoms with Gasteiger partial charge in [0.2, 0.25) is 11.8 Å². The van der Waals surface area contributed by atoms with Crippen LogP contribution in [-0.2, 0) is 4.74 Å². The highest BCUT2D eigenvalue weighted by Crippen LogP contribution is 2.31.